The molecule has 0 aromatic rings. The van der Waals surface area contributed by atoms with Gasteiger partial charge in [-0.25, -0.2) is 0 Å². The number of hydrogen-bond acceptors (Lipinski definition) is 3. The van der Waals surface area contributed by atoms with Crippen LogP contribution in [0.5, 0.6) is 0 Å². The third-order valence-corrected chi connectivity index (χ3v) is 3.49. The SMILES string of the molecule is COCCN1CC(C)NCC2(CC2)C1. The van der Waals surface area contributed by atoms with Crippen molar-refractivity contribution in [2.75, 3.05) is 39.9 Å². The van der Waals surface area contributed by atoms with Gasteiger partial charge < -0.3 is 10.1 Å². The highest BCUT2D eigenvalue weighted by atomic mass is 16.5. The summed E-state index contributed by atoms with van der Waals surface area (Å²) in [5.74, 6) is 0. The molecule has 2 rings (SSSR count). The fourth-order valence-electron chi connectivity index (χ4n) is 2.34. The Morgan fingerprint density at radius 2 is 2.29 bits per heavy atom. The Morgan fingerprint density at radius 3 is 2.93 bits per heavy atom. The summed E-state index contributed by atoms with van der Waals surface area (Å²) in [7, 11) is 1.78. The van der Waals surface area contributed by atoms with Crippen LogP contribution in [0.4, 0.5) is 0 Å². The van der Waals surface area contributed by atoms with Gasteiger partial charge >= 0.3 is 0 Å². The van der Waals surface area contributed by atoms with E-state index in [-0.39, 0.29) is 0 Å². The van der Waals surface area contributed by atoms with Crippen molar-refractivity contribution < 1.29 is 4.74 Å². The molecule has 1 atom stereocenters. The number of methoxy groups -OCH3 is 1. The average molecular weight is 198 g/mol. The predicted octanol–water partition coefficient (Wildman–Crippen LogP) is 0.707. The molecule has 1 aliphatic carbocycles. The first-order valence-electron chi connectivity index (χ1n) is 5.69. The van der Waals surface area contributed by atoms with Crippen LogP contribution in [0.2, 0.25) is 0 Å². The minimum Gasteiger partial charge on any atom is -0.383 e. The smallest absolute Gasteiger partial charge is 0.0589 e. The fourth-order valence-corrected chi connectivity index (χ4v) is 2.34. The number of nitrogens with one attached hydrogen (secondary N) is 1. The largest absolute Gasteiger partial charge is 0.383 e. The van der Waals surface area contributed by atoms with E-state index in [0.717, 1.165) is 13.2 Å². The van der Waals surface area contributed by atoms with Crippen molar-refractivity contribution in [3.05, 3.63) is 0 Å². The lowest BCUT2D eigenvalue weighted by Gasteiger charge is -2.23. The zero-order valence-electron chi connectivity index (χ0n) is 9.38. The molecule has 0 amide bonds. The lowest BCUT2D eigenvalue weighted by Crippen LogP contribution is -2.37. The second kappa shape index (κ2) is 4.17. The Morgan fingerprint density at radius 1 is 1.50 bits per heavy atom. The van der Waals surface area contributed by atoms with Gasteiger partial charge in [-0.15, -0.1) is 0 Å². The molecular weight excluding hydrogens is 176 g/mol. The second-order valence-electron chi connectivity index (χ2n) is 5.01. The molecule has 0 aromatic heterocycles. The molecular formula is C11H22N2O. The number of rotatable bonds is 3. The van der Waals surface area contributed by atoms with Gasteiger partial charge in [0.2, 0.25) is 0 Å². The molecule has 0 radical (unpaired) electrons. The van der Waals surface area contributed by atoms with Crippen molar-refractivity contribution in [1.82, 2.24) is 10.2 Å². The summed E-state index contributed by atoms with van der Waals surface area (Å²) in [6.07, 6.45) is 2.83. The molecule has 0 aromatic carbocycles. The van der Waals surface area contributed by atoms with E-state index in [4.69, 9.17) is 4.74 Å². The van der Waals surface area contributed by atoms with Gasteiger partial charge in [0.1, 0.15) is 0 Å². The zero-order chi connectivity index (χ0) is 10.0. The molecule has 2 fully saturated rings. The van der Waals surface area contributed by atoms with E-state index in [1.54, 1.807) is 7.11 Å². The summed E-state index contributed by atoms with van der Waals surface area (Å²) < 4.78 is 5.15. The van der Waals surface area contributed by atoms with E-state index < -0.39 is 0 Å². The van der Waals surface area contributed by atoms with Crippen LogP contribution in [0.25, 0.3) is 0 Å². The van der Waals surface area contributed by atoms with Crippen LogP contribution in [-0.4, -0.2) is 50.8 Å². The Bertz CT molecular complexity index is 192. The molecule has 1 aliphatic heterocycles. The van der Waals surface area contributed by atoms with Crippen molar-refractivity contribution in [3.63, 3.8) is 0 Å². The summed E-state index contributed by atoms with van der Waals surface area (Å²) in [6.45, 7) is 7.89. The van der Waals surface area contributed by atoms with Gasteiger partial charge in [-0.05, 0) is 25.2 Å². The zero-order valence-corrected chi connectivity index (χ0v) is 9.38. The predicted molar refractivity (Wildman–Crippen MR) is 57.4 cm³/mol. The van der Waals surface area contributed by atoms with Crippen LogP contribution in [0.15, 0.2) is 0 Å². The summed E-state index contributed by atoms with van der Waals surface area (Å²) >= 11 is 0. The lowest BCUT2D eigenvalue weighted by atomic mass is 10.1. The Kier molecular flexibility index (Phi) is 3.10. The normalized spacial score (nSPS) is 31.7. The van der Waals surface area contributed by atoms with Crippen LogP contribution < -0.4 is 5.32 Å². The molecule has 1 spiro atoms. The van der Waals surface area contributed by atoms with Gasteiger partial charge in [0, 0.05) is 39.3 Å². The second-order valence-corrected chi connectivity index (χ2v) is 5.01. The lowest BCUT2D eigenvalue weighted by molar-refractivity contribution is 0.138. The Labute approximate surface area is 86.8 Å². The molecule has 3 heteroatoms. The molecule has 82 valence electrons. The maximum atomic E-state index is 5.15. The third kappa shape index (κ3) is 2.47. The number of nitrogens with zero attached hydrogens (tertiary/aromatic N) is 1. The first kappa shape index (κ1) is 10.4. The van der Waals surface area contributed by atoms with Crippen molar-refractivity contribution in [2.45, 2.75) is 25.8 Å². The van der Waals surface area contributed by atoms with E-state index in [1.807, 2.05) is 0 Å². The maximum Gasteiger partial charge on any atom is 0.0589 e. The summed E-state index contributed by atoms with van der Waals surface area (Å²) in [5, 5.41) is 3.62. The molecule has 1 N–H and O–H groups in total. The summed E-state index contributed by atoms with van der Waals surface area (Å²) in [6, 6.07) is 0.631. The molecule has 1 heterocycles. The number of hydrogen-bond donors (Lipinski definition) is 1. The monoisotopic (exact) mass is 198 g/mol. The maximum absolute atomic E-state index is 5.15. The first-order chi connectivity index (χ1) is 6.74. The molecule has 3 nitrogen and oxygen atoms in total. The minimum atomic E-state index is 0.624. The van der Waals surface area contributed by atoms with E-state index in [2.05, 4.69) is 17.1 Å². The van der Waals surface area contributed by atoms with Crippen LogP contribution in [0, 0.1) is 5.41 Å². The Balaban J connectivity index is 1.87. The van der Waals surface area contributed by atoms with Crippen LogP contribution in [0.1, 0.15) is 19.8 Å². The van der Waals surface area contributed by atoms with Crippen molar-refractivity contribution >= 4 is 0 Å². The highest BCUT2D eigenvalue weighted by molar-refractivity contribution is 4.99. The molecule has 1 unspecified atom stereocenters. The molecule has 1 saturated carbocycles. The minimum absolute atomic E-state index is 0.624. The van der Waals surface area contributed by atoms with Crippen LogP contribution >= 0.6 is 0 Å². The van der Waals surface area contributed by atoms with Crippen LogP contribution in [-0.2, 0) is 4.74 Å². The van der Waals surface area contributed by atoms with Gasteiger partial charge in [0.05, 0.1) is 6.61 Å². The van der Waals surface area contributed by atoms with Crippen molar-refractivity contribution in [2.24, 2.45) is 5.41 Å². The van der Waals surface area contributed by atoms with E-state index >= 15 is 0 Å². The van der Waals surface area contributed by atoms with Crippen LogP contribution in [0.3, 0.4) is 0 Å². The van der Waals surface area contributed by atoms with Gasteiger partial charge in [0.15, 0.2) is 0 Å². The highest BCUT2D eigenvalue weighted by Crippen LogP contribution is 2.46. The van der Waals surface area contributed by atoms with Gasteiger partial charge in [-0.2, -0.15) is 0 Å². The van der Waals surface area contributed by atoms with E-state index in [0.29, 0.717) is 11.5 Å². The van der Waals surface area contributed by atoms with Gasteiger partial charge in [-0.1, -0.05) is 0 Å². The number of ether oxygens (including phenoxy) is 1. The standard InChI is InChI=1S/C11H22N2O/c1-10-7-13(5-6-14-2)9-11(3-4-11)8-12-10/h10,12H,3-9H2,1-2H3. The quantitative estimate of drug-likeness (QED) is 0.723. The fraction of sp³-hybridized carbons (Fsp3) is 1.00. The Hall–Kier alpha value is -0.120. The van der Waals surface area contributed by atoms with E-state index in [1.165, 1.54) is 32.5 Å². The molecule has 0 bridgehead atoms. The first-order valence-corrected chi connectivity index (χ1v) is 5.69. The molecule has 1 saturated heterocycles. The summed E-state index contributed by atoms with van der Waals surface area (Å²) in [5.41, 5.74) is 0.624. The van der Waals surface area contributed by atoms with Gasteiger partial charge in [0.25, 0.3) is 0 Å². The highest BCUT2D eigenvalue weighted by Gasteiger charge is 2.45. The van der Waals surface area contributed by atoms with Crippen molar-refractivity contribution in [3.8, 4) is 0 Å². The third-order valence-electron chi connectivity index (χ3n) is 3.49. The summed E-state index contributed by atoms with van der Waals surface area (Å²) in [4.78, 5) is 2.56. The van der Waals surface area contributed by atoms with Gasteiger partial charge in [-0.3, -0.25) is 4.90 Å². The van der Waals surface area contributed by atoms with E-state index in [9.17, 15) is 0 Å². The molecule has 2 aliphatic rings. The van der Waals surface area contributed by atoms with Crippen molar-refractivity contribution in [1.29, 1.82) is 0 Å². The topological polar surface area (TPSA) is 24.5 Å². The average Bonchev–Trinajstić information content (AvgIpc) is 2.93. The molecule has 14 heavy (non-hydrogen) atoms.